The van der Waals surface area contributed by atoms with E-state index in [1.165, 1.54) is 17.7 Å². The van der Waals surface area contributed by atoms with Crippen LogP contribution in [-0.4, -0.2) is 53.0 Å². The number of piperidine rings is 1. The van der Waals surface area contributed by atoms with Crippen LogP contribution in [0.1, 0.15) is 57.8 Å². The number of rotatable bonds is 4. The van der Waals surface area contributed by atoms with Crippen LogP contribution in [0.5, 0.6) is 0 Å². The van der Waals surface area contributed by atoms with Crippen molar-refractivity contribution in [2.75, 3.05) is 6.54 Å². The summed E-state index contributed by atoms with van der Waals surface area (Å²) in [5.74, 6) is -0.202. The number of fused-ring (bicyclic) bond motifs is 2. The van der Waals surface area contributed by atoms with Gasteiger partial charge >= 0.3 is 6.03 Å². The van der Waals surface area contributed by atoms with Gasteiger partial charge < -0.3 is 16.0 Å². The zero-order valence-corrected chi connectivity index (χ0v) is 14.0. The van der Waals surface area contributed by atoms with E-state index < -0.39 is 5.54 Å². The quantitative estimate of drug-likeness (QED) is 0.658. The Morgan fingerprint density at radius 1 is 1.17 bits per heavy atom. The molecule has 132 valence electrons. The average Bonchev–Trinajstić information content (AvgIpc) is 3.20. The highest BCUT2D eigenvalue weighted by Crippen LogP contribution is 2.35. The predicted molar refractivity (Wildman–Crippen MR) is 87.2 cm³/mol. The van der Waals surface area contributed by atoms with E-state index in [0.717, 1.165) is 38.5 Å². The lowest BCUT2D eigenvalue weighted by Gasteiger charge is -2.29. The maximum Gasteiger partial charge on any atom is 0.325 e. The van der Waals surface area contributed by atoms with Crippen LogP contribution in [0.3, 0.4) is 0 Å². The Bertz CT molecular complexity index is 546. The molecule has 4 rings (SSSR count). The third kappa shape index (κ3) is 2.79. The summed E-state index contributed by atoms with van der Waals surface area (Å²) >= 11 is 0. The standard InChI is InChI=1S/C17H26N4O3/c22-14(19-13-9-11-3-4-12(10-13)18-11)5-8-21-15(23)17(20-16(21)24)6-1-2-7-17/h11-13,18H,1-10H2,(H,19,22)(H,20,24). The number of carbonyl (C=O) groups excluding carboxylic acids is 3. The molecular weight excluding hydrogens is 308 g/mol. The average molecular weight is 334 g/mol. The number of imide groups is 1. The van der Waals surface area contributed by atoms with Crippen LogP contribution in [0, 0.1) is 0 Å². The summed E-state index contributed by atoms with van der Waals surface area (Å²) in [6.07, 6.45) is 7.92. The largest absolute Gasteiger partial charge is 0.353 e. The van der Waals surface area contributed by atoms with E-state index in [4.69, 9.17) is 0 Å². The van der Waals surface area contributed by atoms with Crippen LogP contribution in [0.25, 0.3) is 0 Å². The van der Waals surface area contributed by atoms with Gasteiger partial charge in [-0.1, -0.05) is 12.8 Å². The van der Waals surface area contributed by atoms with Gasteiger partial charge in [-0.2, -0.15) is 0 Å². The van der Waals surface area contributed by atoms with Gasteiger partial charge in [0.1, 0.15) is 5.54 Å². The molecule has 1 saturated carbocycles. The highest BCUT2D eigenvalue weighted by molar-refractivity contribution is 6.07. The van der Waals surface area contributed by atoms with E-state index in [1.54, 1.807) is 0 Å². The molecule has 3 saturated heterocycles. The van der Waals surface area contributed by atoms with Gasteiger partial charge in [-0.15, -0.1) is 0 Å². The van der Waals surface area contributed by atoms with Crippen molar-refractivity contribution in [2.45, 2.75) is 81.5 Å². The molecule has 7 nitrogen and oxygen atoms in total. The molecule has 3 aliphatic heterocycles. The van der Waals surface area contributed by atoms with E-state index >= 15 is 0 Å². The number of urea groups is 1. The van der Waals surface area contributed by atoms with E-state index in [9.17, 15) is 14.4 Å². The van der Waals surface area contributed by atoms with Gasteiger partial charge in [0, 0.05) is 31.1 Å². The van der Waals surface area contributed by atoms with Gasteiger partial charge in [-0.05, 0) is 38.5 Å². The van der Waals surface area contributed by atoms with Gasteiger partial charge in [-0.3, -0.25) is 14.5 Å². The Kier molecular flexibility index (Phi) is 3.98. The topological polar surface area (TPSA) is 90.5 Å². The molecule has 1 aliphatic carbocycles. The zero-order valence-electron chi connectivity index (χ0n) is 14.0. The van der Waals surface area contributed by atoms with Crippen molar-refractivity contribution < 1.29 is 14.4 Å². The van der Waals surface area contributed by atoms with E-state index in [0.29, 0.717) is 12.1 Å². The number of nitrogens with zero attached hydrogens (tertiary/aromatic N) is 1. The first-order valence-corrected chi connectivity index (χ1v) is 9.25. The second-order valence-electron chi connectivity index (χ2n) is 7.80. The van der Waals surface area contributed by atoms with Crippen molar-refractivity contribution >= 4 is 17.8 Å². The second-order valence-corrected chi connectivity index (χ2v) is 7.80. The first-order chi connectivity index (χ1) is 11.6. The van der Waals surface area contributed by atoms with E-state index in [2.05, 4.69) is 16.0 Å². The molecule has 2 unspecified atom stereocenters. The van der Waals surface area contributed by atoms with Crippen molar-refractivity contribution in [3.63, 3.8) is 0 Å². The van der Waals surface area contributed by atoms with Gasteiger partial charge in [0.15, 0.2) is 0 Å². The van der Waals surface area contributed by atoms with Crippen LogP contribution in [0.4, 0.5) is 4.79 Å². The van der Waals surface area contributed by atoms with Gasteiger partial charge in [-0.25, -0.2) is 4.79 Å². The van der Waals surface area contributed by atoms with Crippen LogP contribution >= 0.6 is 0 Å². The molecule has 3 heterocycles. The maximum absolute atomic E-state index is 12.5. The summed E-state index contributed by atoms with van der Waals surface area (Å²) in [7, 11) is 0. The maximum atomic E-state index is 12.5. The molecular formula is C17H26N4O3. The molecule has 4 fully saturated rings. The Morgan fingerprint density at radius 2 is 1.83 bits per heavy atom. The fraction of sp³-hybridized carbons (Fsp3) is 0.824. The Morgan fingerprint density at radius 3 is 2.50 bits per heavy atom. The molecule has 4 aliphatic rings. The van der Waals surface area contributed by atoms with E-state index in [-0.39, 0.29) is 36.9 Å². The first-order valence-electron chi connectivity index (χ1n) is 9.25. The summed E-state index contributed by atoms with van der Waals surface area (Å²) in [5.41, 5.74) is -0.679. The second kappa shape index (κ2) is 6.02. The number of nitrogens with one attached hydrogen (secondary N) is 3. The van der Waals surface area contributed by atoms with Crippen molar-refractivity contribution in [1.82, 2.24) is 20.9 Å². The third-order valence-corrected chi connectivity index (χ3v) is 6.10. The molecule has 24 heavy (non-hydrogen) atoms. The minimum absolute atomic E-state index is 0.0609. The van der Waals surface area contributed by atoms with Crippen molar-refractivity contribution in [3.8, 4) is 0 Å². The predicted octanol–water partition coefficient (Wildman–Crippen LogP) is 0.640. The van der Waals surface area contributed by atoms with E-state index in [1.807, 2.05) is 0 Å². The molecule has 0 aromatic heterocycles. The summed E-state index contributed by atoms with van der Waals surface area (Å²) < 4.78 is 0. The fourth-order valence-electron chi connectivity index (χ4n) is 4.89. The number of amides is 4. The molecule has 0 aromatic rings. The van der Waals surface area contributed by atoms with Crippen LogP contribution < -0.4 is 16.0 Å². The number of carbonyl (C=O) groups is 3. The molecule has 0 aromatic carbocycles. The lowest BCUT2D eigenvalue weighted by Crippen LogP contribution is -2.48. The Labute approximate surface area is 141 Å². The Balaban J connectivity index is 1.28. The van der Waals surface area contributed by atoms with Gasteiger partial charge in [0.25, 0.3) is 5.91 Å². The SMILES string of the molecule is O=C(CCN1C(=O)NC2(CCCC2)C1=O)NC1CC2CCC(C1)N2. The lowest BCUT2D eigenvalue weighted by atomic mass is 9.98. The molecule has 2 bridgehead atoms. The molecule has 0 radical (unpaired) electrons. The Hall–Kier alpha value is -1.63. The highest BCUT2D eigenvalue weighted by atomic mass is 16.2. The fourth-order valence-corrected chi connectivity index (χ4v) is 4.89. The summed E-state index contributed by atoms with van der Waals surface area (Å²) in [6.45, 7) is 0.177. The smallest absolute Gasteiger partial charge is 0.325 e. The van der Waals surface area contributed by atoms with Crippen LogP contribution in [0.15, 0.2) is 0 Å². The van der Waals surface area contributed by atoms with Crippen LogP contribution in [-0.2, 0) is 9.59 Å². The normalized spacial score (nSPS) is 34.0. The van der Waals surface area contributed by atoms with Gasteiger partial charge in [0.2, 0.25) is 5.91 Å². The van der Waals surface area contributed by atoms with Crippen molar-refractivity contribution in [3.05, 3.63) is 0 Å². The van der Waals surface area contributed by atoms with Gasteiger partial charge in [0.05, 0.1) is 0 Å². The zero-order chi connectivity index (χ0) is 16.7. The monoisotopic (exact) mass is 334 g/mol. The molecule has 7 heteroatoms. The first kappa shape index (κ1) is 15.9. The minimum atomic E-state index is -0.679. The summed E-state index contributed by atoms with van der Waals surface area (Å²) in [4.78, 5) is 38.1. The van der Waals surface area contributed by atoms with Crippen molar-refractivity contribution in [2.24, 2.45) is 0 Å². The highest BCUT2D eigenvalue weighted by Gasteiger charge is 2.52. The number of hydrogen-bond acceptors (Lipinski definition) is 4. The third-order valence-electron chi connectivity index (χ3n) is 6.10. The summed E-state index contributed by atoms with van der Waals surface area (Å²) in [5, 5.41) is 9.49. The number of hydrogen-bond donors (Lipinski definition) is 3. The summed E-state index contributed by atoms with van der Waals surface area (Å²) in [6, 6.07) is 0.944. The molecule has 4 amide bonds. The van der Waals surface area contributed by atoms with Crippen LogP contribution in [0.2, 0.25) is 0 Å². The molecule has 3 N–H and O–H groups in total. The lowest BCUT2D eigenvalue weighted by molar-refractivity contribution is -0.131. The molecule has 1 spiro atoms. The molecule has 2 atom stereocenters. The minimum Gasteiger partial charge on any atom is -0.353 e. The van der Waals surface area contributed by atoms with Crippen molar-refractivity contribution in [1.29, 1.82) is 0 Å².